The van der Waals surface area contributed by atoms with Crippen LogP contribution in [0.1, 0.15) is 17.1 Å². The lowest BCUT2D eigenvalue weighted by Gasteiger charge is -2.22. The van der Waals surface area contributed by atoms with Crippen molar-refractivity contribution < 1.29 is 13.2 Å². The highest BCUT2D eigenvalue weighted by Crippen LogP contribution is 2.29. The van der Waals surface area contributed by atoms with Crippen molar-refractivity contribution in [1.82, 2.24) is 10.3 Å². The van der Waals surface area contributed by atoms with E-state index in [1.54, 1.807) is 18.4 Å². The fraction of sp³-hybridized carbons (Fsp3) is 0.786. The Morgan fingerprint density at radius 3 is 2.95 bits per heavy atom. The molecule has 1 aliphatic rings. The smallest absolute Gasteiger partial charge is 0.150 e. The normalized spacial score (nSPS) is 22.5. The second kappa shape index (κ2) is 7.67. The largest absolute Gasteiger partial charge is 0.383 e. The molecule has 2 rings (SSSR count). The molecule has 0 aromatic carbocycles. The summed E-state index contributed by atoms with van der Waals surface area (Å²) >= 11 is 1.67. The highest BCUT2D eigenvalue weighted by Gasteiger charge is 2.33. The number of hydrogen-bond acceptors (Lipinski definition) is 6. The van der Waals surface area contributed by atoms with E-state index in [0.717, 1.165) is 36.6 Å². The van der Waals surface area contributed by atoms with Gasteiger partial charge in [0.05, 0.1) is 23.1 Å². The zero-order valence-corrected chi connectivity index (χ0v) is 14.3. The number of aromatic nitrogens is 1. The van der Waals surface area contributed by atoms with E-state index in [2.05, 4.69) is 15.7 Å². The first kappa shape index (κ1) is 16.9. The number of thiazole rings is 1. The predicted molar refractivity (Wildman–Crippen MR) is 85.6 cm³/mol. The number of aryl methyl sites for hydroxylation is 1. The Morgan fingerprint density at radius 2 is 2.38 bits per heavy atom. The van der Waals surface area contributed by atoms with Gasteiger partial charge in [0.2, 0.25) is 0 Å². The highest BCUT2D eigenvalue weighted by atomic mass is 32.2. The topological polar surface area (TPSA) is 68.3 Å². The minimum atomic E-state index is -2.83. The van der Waals surface area contributed by atoms with Crippen LogP contribution in [0.25, 0.3) is 0 Å². The van der Waals surface area contributed by atoms with Crippen molar-refractivity contribution in [2.24, 2.45) is 11.8 Å². The summed E-state index contributed by atoms with van der Waals surface area (Å²) in [5.74, 6) is 1.23. The fourth-order valence-electron chi connectivity index (χ4n) is 2.78. The van der Waals surface area contributed by atoms with Crippen molar-refractivity contribution >= 4 is 21.2 Å². The quantitative estimate of drug-likeness (QED) is 0.726. The van der Waals surface area contributed by atoms with Crippen molar-refractivity contribution in [2.75, 3.05) is 38.3 Å². The molecule has 1 aliphatic heterocycles. The monoisotopic (exact) mass is 332 g/mol. The molecule has 2 atom stereocenters. The van der Waals surface area contributed by atoms with Crippen LogP contribution in [0.3, 0.4) is 0 Å². The van der Waals surface area contributed by atoms with Crippen LogP contribution in [0.5, 0.6) is 0 Å². The second-order valence-electron chi connectivity index (χ2n) is 5.71. The zero-order chi connectivity index (χ0) is 15.3. The van der Waals surface area contributed by atoms with Gasteiger partial charge >= 0.3 is 0 Å². The van der Waals surface area contributed by atoms with Crippen LogP contribution in [-0.2, 0) is 21.0 Å². The molecule has 0 radical (unpaired) electrons. The summed E-state index contributed by atoms with van der Waals surface area (Å²) in [6.45, 7) is 4.28. The summed E-state index contributed by atoms with van der Waals surface area (Å²) in [4.78, 5) is 4.52. The van der Waals surface area contributed by atoms with E-state index >= 15 is 0 Å². The summed E-state index contributed by atoms with van der Waals surface area (Å²) in [6, 6.07) is 0. The molecule has 0 amide bonds. The van der Waals surface area contributed by atoms with Gasteiger partial charge in [-0.3, -0.25) is 0 Å². The van der Waals surface area contributed by atoms with Crippen LogP contribution in [0.15, 0.2) is 5.38 Å². The van der Waals surface area contributed by atoms with E-state index in [0.29, 0.717) is 24.0 Å². The van der Waals surface area contributed by atoms with Gasteiger partial charge in [0.25, 0.3) is 0 Å². The third-order valence-corrected chi connectivity index (χ3v) is 6.71. The summed E-state index contributed by atoms with van der Waals surface area (Å²) in [7, 11) is -1.15. The minimum Gasteiger partial charge on any atom is -0.383 e. The van der Waals surface area contributed by atoms with Gasteiger partial charge in [0.15, 0.2) is 9.84 Å². The van der Waals surface area contributed by atoms with Crippen LogP contribution >= 0.6 is 11.3 Å². The molecule has 2 heterocycles. The molecule has 120 valence electrons. The van der Waals surface area contributed by atoms with E-state index < -0.39 is 9.84 Å². The summed E-state index contributed by atoms with van der Waals surface area (Å²) in [6.07, 6.45) is 1.64. The molecule has 0 saturated carbocycles. The zero-order valence-electron chi connectivity index (χ0n) is 12.7. The number of rotatable bonds is 8. The van der Waals surface area contributed by atoms with E-state index in [9.17, 15) is 8.42 Å². The van der Waals surface area contributed by atoms with Crippen molar-refractivity contribution in [3.05, 3.63) is 16.1 Å². The maximum Gasteiger partial charge on any atom is 0.150 e. The number of nitrogens with one attached hydrogen (secondary N) is 1. The minimum absolute atomic E-state index is 0.245. The van der Waals surface area contributed by atoms with Crippen molar-refractivity contribution in [1.29, 1.82) is 0 Å². The number of ether oxygens (including phenoxy) is 1. The Hall–Kier alpha value is -0.500. The molecule has 1 saturated heterocycles. The number of nitrogens with zero attached hydrogens (tertiary/aromatic N) is 1. The van der Waals surface area contributed by atoms with Gasteiger partial charge < -0.3 is 10.1 Å². The maximum atomic E-state index is 11.7. The van der Waals surface area contributed by atoms with Crippen LogP contribution in [0.2, 0.25) is 0 Å². The van der Waals surface area contributed by atoms with Gasteiger partial charge in [0, 0.05) is 31.1 Å². The Labute approximate surface area is 131 Å². The fourth-order valence-corrected chi connectivity index (χ4v) is 5.57. The lowest BCUT2D eigenvalue weighted by Crippen LogP contribution is -2.32. The first-order chi connectivity index (χ1) is 10.00. The van der Waals surface area contributed by atoms with Gasteiger partial charge in [-0.25, -0.2) is 13.4 Å². The average molecular weight is 332 g/mol. The molecule has 5 nitrogen and oxygen atoms in total. The Balaban J connectivity index is 1.96. The van der Waals surface area contributed by atoms with E-state index in [-0.39, 0.29) is 5.92 Å². The van der Waals surface area contributed by atoms with Crippen molar-refractivity contribution in [2.45, 2.75) is 19.8 Å². The maximum absolute atomic E-state index is 11.7. The number of sulfone groups is 1. The van der Waals surface area contributed by atoms with Gasteiger partial charge in [-0.2, -0.15) is 0 Å². The third-order valence-electron chi connectivity index (χ3n) is 3.93. The molecule has 21 heavy (non-hydrogen) atoms. The molecule has 0 aliphatic carbocycles. The number of methoxy groups -OCH3 is 1. The molecule has 1 aromatic rings. The molecule has 1 aromatic heterocycles. The predicted octanol–water partition coefficient (Wildman–Crippen LogP) is 1.28. The van der Waals surface area contributed by atoms with Crippen LogP contribution in [0.4, 0.5) is 0 Å². The number of hydrogen-bond donors (Lipinski definition) is 1. The standard InChI is InChI=1S/C14H24N2O3S2/c1-11-9-20-14(16-11)7-13(8-15-4-5-19-2)12-3-6-21(17,18)10-12/h9,12-13,15H,3-8,10H2,1-2H3. The van der Waals surface area contributed by atoms with Gasteiger partial charge in [-0.15, -0.1) is 11.3 Å². The lowest BCUT2D eigenvalue weighted by atomic mass is 9.89. The van der Waals surface area contributed by atoms with Crippen LogP contribution in [0, 0.1) is 18.8 Å². The first-order valence-corrected chi connectivity index (χ1v) is 10.0. The van der Waals surface area contributed by atoms with Crippen LogP contribution < -0.4 is 5.32 Å². The van der Waals surface area contributed by atoms with Gasteiger partial charge in [0.1, 0.15) is 0 Å². The SMILES string of the molecule is COCCNCC(Cc1nc(C)cs1)C1CCS(=O)(=O)C1. The average Bonchev–Trinajstić information content (AvgIpc) is 2.99. The van der Waals surface area contributed by atoms with Gasteiger partial charge in [-0.1, -0.05) is 0 Å². The Bertz CT molecular complexity index is 542. The molecule has 1 N–H and O–H groups in total. The molecule has 1 fully saturated rings. The van der Waals surface area contributed by atoms with Crippen molar-refractivity contribution in [3.63, 3.8) is 0 Å². The molecule has 0 bridgehead atoms. The molecule has 0 spiro atoms. The van der Waals surface area contributed by atoms with Crippen molar-refractivity contribution in [3.8, 4) is 0 Å². The lowest BCUT2D eigenvalue weighted by molar-refractivity contribution is 0.195. The summed E-state index contributed by atoms with van der Waals surface area (Å²) < 4.78 is 28.5. The third kappa shape index (κ3) is 5.32. The molecule has 7 heteroatoms. The van der Waals surface area contributed by atoms with Gasteiger partial charge in [-0.05, 0) is 31.7 Å². The van der Waals surface area contributed by atoms with Crippen LogP contribution in [-0.4, -0.2) is 51.7 Å². The summed E-state index contributed by atoms with van der Waals surface area (Å²) in [5.41, 5.74) is 1.04. The molecule has 2 unspecified atom stereocenters. The van der Waals surface area contributed by atoms with E-state index in [1.807, 2.05) is 6.92 Å². The second-order valence-corrected chi connectivity index (χ2v) is 8.88. The summed E-state index contributed by atoms with van der Waals surface area (Å²) in [5, 5.41) is 6.53. The first-order valence-electron chi connectivity index (χ1n) is 7.31. The Morgan fingerprint density at radius 1 is 1.57 bits per heavy atom. The highest BCUT2D eigenvalue weighted by molar-refractivity contribution is 7.91. The molecular weight excluding hydrogens is 308 g/mol. The van der Waals surface area contributed by atoms with E-state index in [4.69, 9.17) is 4.74 Å². The Kier molecular flexibility index (Phi) is 6.16. The van der Waals surface area contributed by atoms with E-state index in [1.165, 1.54) is 0 Å². The molecular formula is C14H24N2O3S2.